The highest BCUT2D eigenvalue weighted by molar-refractivity contribution is 6.24. The first-order valence-electron chi connectivity index (χ1n) is 10.6. The van der Waals surface area contributed by atoms with Crippen LogP contribution in [0.2, 0.25) is 0 Å². The third-order valence-electron chi connectivity index (χ3n) is 5.17. The Hall–Kier alpha value is -3.60. The molecule has 0 saturated heterocycles. The van der Waals surface area contributed by atoms with Crippen LogP contribution in [0.4, 0.5) is 11.4 Å². The lowest BCUT2D eigenvalue weighted by Crippen LogP contribution is -2.22. The van der Waals surface area contributed by atoms with Gasteiger partial charge in [0.25, 0.3) is 0 Å². The Kier molecular flexibility index (Phi) is 6.03. The monoisotopic (exact) mass is 414 g/mol. The largest absolute Gasteiger partial charge is 0.490 e. The van der Waals surface area contributed by atoms with E-state index in [1.54, 1.807) is 0 Å². The number of aliphatic imine (C=N–C) groups is 1. The van der Waals surface area contributed by atoms with Gasteiger partial charge in [0.1, 0.15) is 5.92 Å². The molecule has 0 spiro atoms. The van der Waals surface area contributed by atoms with E-state index in [4.69, 9.17) is 14.5 Å². The van der Waals surface area contributed by atoms with Gasteiger partial charge in [-0.2, -0.15) is 0 Å². The zero-order valence-electron chi connectivity index (χ0n) is 18.0. The van der Waals surface area contributed by atoms with Crippen LogP contribution in [0, 0.1) is 6.92 Å². The van der Waals surface area contributed by atoms with Crippen molar-refractivity contribution in [2.24, 2.45) is 4.99 Å². The molecular weight excluding hydrogens is 388 g/mol. The number of nitrogens with zero attached hydrogens (tertiary/aromatic N) is 1. The van der Waals surface area contributed by atoms with E-state index in [-0.39, 0.29) is 5.91 Å². The maximum atomic E-state index is 13.2. The minimum Gasteiger partial charge on any atom is -0.490 e. The molecule has 3 aromatic rings. The Morgan fingerprint density at radius 2 is 1.58 bits per heavy atom. The first-order valence-corrected chi connectivity index (χ1v) is 10.6. The van der Waals surface area contributed by atoms with E-state index >= 15 is 0 Å². The fraction of sp³-hybridized carbons (Fsp3) is 0.231. The molecule has 1 atom stereocenters. The Labute approximate surface area is 182 Å². The summed E-state index contributed by atoms with van der Waals surface area (Å²) in [6.07, 6.45) is 0. The third kappa shape index (κ3) is 4.31. The molecule has 0 aliphatic carbocycles. The highest BCUT2D eigenvalue weighted by Crippen LogP contribution is 2.43. The van der Waals surface area contributed by atoms with Gasteiger partial charge in [0, 0.05) is 11.8 Å². The summed E-state index contributed by atoms with van der Waals surface area (Å²) in [6.45, 7) is 6.91. The van der Waals surface area contributed by atoms with Crippen LogP contribution in [-0.2, 0) is 4.79 Å². The fourth-order valence-electron chi connectivity index (χ4n) is 3.74. The molecule has 0 bridgehead atoms. The van der Waals surface area contributed by atoms with Crippen LogP contribution in [0.3, 0.4) is 0 Å². The quantitative estimate of drug-likeness (QED) is 0.508. The van der Waals surface area contributed by atoms with Crippen molar-refractivity contribution in [3.05, 3.63) is 83.4 Å². The normalized spacial score (nSPS) is 15.4. The minimum absolute atomic E-state index is 0.110. The predicted molar refractivity (Wildman–Crippen MR) is 124 cm³/mol. The first-order chi connectivity index (χ1) is 15.1. The number of aryl methyl sites for hydroxylation is 1. The molecule has 0 radical (unpaired) electrons. The molecule has 1 heterocycles. The minimum atomic E-state index is -0.548. The SMILES string of the molecule is CCOc1cc2c(cc1OCC)C(C(=Nc1ccc(C)cc1)c1ccccc1)C(=O)N2. The van der Waals surface area contributed by atoms with Gasteiger partial charge in [-0.25, -0.2) is 0 Å². The summed E-state index contributed by atoms with van der Waals surface area (Å²) in [4.78, 5) is 18.1. The number of ether oxygens (including phenoxy) is 2. The first kappa shape index (κ1) is 20.7. The van der Waals surface area contributed by atoms with Crippen molar-refractivity contribution in [2.45, 2.75) is 26.7 Å². The summed E-state index contributed by atoms with van der Waals surface area (Å²) < 4.78 is 11.5. The van der Waals surface area contributed by atoms with Crippen LogP contribution in [0.15, 0.2) is 71.7 Å². The van der Waals surface area contributed by atoms with Crippen molar-refractivity contribution < 1.29 is 14.3 Å². The molecule has 0 aromatic heterocycles. The maximum absolute atomic E-state index is 13.2. The lowest BCUT2D eigenvalue weighted by Gasteiger charge is -2.16. The smallest absolute Gasteiger partial charge is 0.238 e. The van der Waals surface area contributed by atoms with Gasteiger partial charge in [0.05, 0.1) is 24.6 Å². The Bertz CT molecular complexity index is 1110. The summed E-state index contributed by atoms with van der Waals surface area (Å²) in [5, 5.41) is 3.01. The van der Waals surface area contributed by atoms with Gasteiger partial charge < -0.3 is 14.8 Å². The number of hydrogen-bond donors (Lipinski definition) is 1. The van der Waals surface area contributed by atoms with Crippen LogP contribution < -0.4 is 14.8 Å². The topological polar surface area (TPSA) is 59.9 Å². The van der Waals surface area contributed by atoms with E-state index in [2.05, 4.69) is 5.32 Å². The number of amides is 1. The lowest BCUT2D eigenvalue weighted by molar-refractivity contribution is -0.115. The molecule has 4 rings (SSSR count). The van der Waals surface area contributed by atoms with Crippen LogP contribution >= 0.6 is 0 Å². The molecule has 3 aromatic carbocycles. The molecule has 1 aliphatic rings. The highest BCUT2D eigenvalue weighted by Gasteiger charge is 2.36. The zero-order chi connectivity index (χ0) is 21.8. The van der Waals surface area contributed by atoms with Crippen molar-refractivity contribution in [1.29, 1.82) is 0 Å². The Balaban J connectivity index is 1.86. The van der Waals surface area contributed by atoms with E-state index in [1.807, 2.05) is 87.5 Å². The molecule has 158 valence electrons. The fourth-order valence-corrected chi connectivity index (χ4v) is 3.74. The van der Waals surface area contributed by atoms with Gasteiger partial charge in [-0.1, -0.05) is 48.0 Å². The second-order valence-electron chi connectivity index (χ2n) is 7.37. The molecule has 1 aliphatic heterocycles. The van der Waals surface area contributed by atoms with Crippen molar-refractivity contribution in [3.8, 4) is 11.5 Å². The maximum Gasteiger partial charge on any atom is 0.238 e. The number of benzene rings is 3. The van der Waals surface area contributed by atoms with Crippen LogP contribution in [0.5, 0.6) is 11.5 Å². The molecule has 5 nitrogen and oxygen atoms in total. The van der Waals surface area contributed by atoms with E-state index in [0.29, 0.717) is 30.4 Å². The van der Waals surface area contributed by atoms with E-state index < -0.39 is 5.92 Å². The Morgan fingerprint density at radius 3 is 2.23 bits per heavy atom. The number of rotatable bonds is 7. The number of fused-ring (bicyclic) bond motifs is 1. The van der Waals surface area contributed by atoms with Crippen molar-refractivity contribution in [2.75, 3.05) is 18.5 Å². The van der Waals surface area contributed by atoms with Crippen molar-refractivity contribution in [1.82, 2.24) is 0 Å². The van der Waals surface area contributed by atoms with Gasteiger partial charge in [-0.15, -0.1) is 0 Å². The van der Waals surface area contributed by atoms with Crippen LogP contribution in [-0.4, -0.2) is 24.8 Å². The third-order valence-corrected chi connectivity index (χ3v) is 5.17. The van der Waals surface area contributed by atoms with Gasteiger partial charge >= 0.3 is 0 Å². The average Bonchev–Trinajstić information content (AvgIpc) is 3.09. The number of nitrogens with one attached hydrogen (secondary N) is 1. The molecule has 31 heavy (non-hydrogen) atoms. The van der Waals surface area contributed by atoms with Crippen LogP contribution in [0.25, 0.3) is 0 Å². The average molecular weight is 415 g/mol. The molecule has 0 fully saturated rings. The van der Waals surface area contributed by atoms with E-state index in [1.165, 1.54) is 0 Å². The summed E-state index contributed by atoms with van der Waals surface area (Å²) >= 11 is 0. The lowest BCUT2D eigenvalue weighted by atomic mass is 9.90. The number of carbonyl (C=O) groups excluding carboxylic acids is 1. The standard InChI is InChI=1S/C26H26N2O3/c1-4-30-22-15-20-21(16-23(22)31-5-2)28-26(29)24(20)25(18-9-7-6-8-10-18)27-19-13-11-17(3)12-14-19/h6-16,24H,4-5H2,1-3H3,(H,28,29). The highest BCUT2D eigenvalue weighted by atomic mass is 16.5. The second-order valence-corrected chi connectivity index (χ2v) is 7.37. The summed E-state index contributed by atoms with van der Waals surface area (Å²) in [7, 11) is 0. The summed E-state index contributed by atoms with van der Waals surface area (Å²) in [6, 6.07) is 21.6. The summed E-state index contributed by atoms with van der Waals surface area (Å²) in [5.74, 6) is 0.600. The van der Waals surface area contributed by atoms with E-state index in [0.717, 1.165) is 28.1 Å². The van der Waals surface area contributed by atoms with Gasteiger partial charge in [0.2, 0.25) is 5.91 Å². The van der Waals surface area contributed by atoms with Crippen molar-refractivity contribution >= 4 is 23.0 Å². The molecule has 1 N–H and O–H groups in total. The van der Waals surface area contributed by atoms with Gasteiger partial charge in [0.15, 0.2) is 11.5 Å². The van der Waals surface area contributed by atoms with Gasteiger partial charge in [-0.3, -0.25) is 9.79 Å². The van der Waals surface area contributed by atoms with Crippen LogP contribution in [0.1, 0.15) is 36.5 Å². The molecule has 1 unspecified atom stereocenters. The van der Waals surface area contributed by atoms with Gasteiger partial charge in [-0.05, 0) is 50.1 Å². The molecule has 0 saturated carbocycles. The number of carbonyl (C=O) groups is 1. The number of anilines is 1. The van der Waals surface area contributed by atoms with E-state index in [9.17, 15) is 4.79 Å². The predicted octanol–water partition coefficient (Wildman–Crippen LogP) is 5.65. The number of hydrogen-bond acceptors (Lipinski definition) is 4. The zero-order valence-corrected chi connectivity index (χ0v) is 18.0. The van der Waals surface area contributed by atoms with Crippen molar-refractivity contribution in [3.63, 3.8) is 0 Å². The second kappa shape index (κ2) is 9.04. The molecule has 1 amide bonds. The molecule has 5 heteroatoms. The molecular formula is C26H26N2O3. The Morgan fingerprint density at radius 1 is 0.935 bits per heavy atom. The summed E-state index contributed by atoms with van der Waals surface area (Å²) in [5.41, 5.74) is 5.15.